The topological polar surface area (TPSA) is 81.0 Å². The Morgan fingerprint density at radius 1 is 1.09 bits per heavy atom. The maximum atomic E-state index is 10.5. The van der Waals surface area contributed by atoms with Crippen molar-refractivity contribution >= 4 is 29.3 Å². The van der Waals surface area contributed by atoms with Gasteiger partial charge in [0.1, 0.15) is 5.75 Å². The zero-order valence-corrected chi connectivity index (χ0v) is 14.7. The molecule has 0 aromatic heterocycles. The quantitative estimate of drug-likeness (QED) is 0.728. The number of carbonyl (C=O) groups is 1. The SMILES string of the molecule is CCCCN(CCC)C(=O)O.CO.Oc1ccc(Cl)c(Cl)c1. The summed E-state index contributed by atoms with van der Waals surface area (Å²) in [7, 11) is 1.00. The van der Waals surface area contributed by atoms with Crippen LogP contribution in [-0.4, -0.2) is 46.5 Å². The molecule has 1 rings (SSSR count). The molecule has 0 fully saturated rings. The molecule has 0 saturated carbocycles. The average molecular weight is 354 g/mol. The molecule has 0 radical (unpaired) electrons. The van der Waals surface area contributed by atoms with Crippen LogP contribution in [0.15, 0.2) is 18.2 Å². The Kier molecular flexibility index (Phi) is 15.5. The predicted molar refractivity (Wildman–Crippen MR) is 91.1 cm³/mol. The number of unbranched alkanes of at least 4 members (excludes halogenated alkanes) is 1. The highest BCUT2D eigenvalue weighted by atomic mass is 35.5. The first-order valence-corrected chi connectivity index (χ1v) is 7.74. The number of amides is 1. The van der Waals surface area contributed by atoms with Crippen LogP contribution in [-0.2, 0) is 0 Å². The molecule has 1 aromatic rings. The van der Waals surface area contributed by atoms with E-state index in [0.717, 1.165) is 26.4 Å². The van der Waals surface area contributed by atoms with E-state index in [4.69, 9.17) is 38.5 Å². The molecule has 7 heteroatoms. The minimum Gasteiger partial charge on any atom is -0.508 e. The summed E-state index contributed by atoms with van der Waals surface area (Å²) in [6.07, 6.45) is 2.12. The van der Waals surface area contributed by atoms with Gasteiger partial charge in [-0.25, -0.2) is 4.79 Å². The number of hydrogen-bond acceptors (Lipinski definition) is 3. The highest BCUT2D eigenvalue weighted by Crippen LogP contribution is 2.24. The zero-order chi connectivity index (χ0) is 17.5. The predicted octanol–water partition coefficient (Wildman–Crippen LogP) is 4.48. The van der Waals surface area contributed by atoms with Gasteiger partial charge in [-0.1, -0.05) is 43.5 Å². The molecule has 5 nitrogen and oxygen atoms in total. The summed E-state index contributed by atoms with van der Waals surface area (Å²) >= 11 is 11.1. The summed E-state index contributed by atoms with van der Waals surface area (Å²) in [6, 6.07) is 4.41. The Morgan fingerprint density at radius 2 is 1.68 bits per heavy atom. The first kappa shape index (κ1) is 23.1. The Hall–Kier alpha value is -1.17. The van der Waals surface area contributed by atoms with Gasteiger partial charge in [-0.15, -0.1) is 0 Å². The van der Waals surface area contributed by atoms with Crippen molar-refractivity contribution in [3.05, 3.63) is 28.2 Å². The molecule has 1 amide bonds. The number of aromatic hydroxyl groups is 1. The largest absolute Gasteiger partial charge is 0.508 e. The van der Waals surface area contributed by atoms with Crippen molar-refractivity contribution in [2.24, 2.45) is 0 Å². The maximum absolute atomic E-state index is 10.5. The number of phenols is 1. The van der Waals surface area contributed by atoms with Gasteiger partial charge in [0.05, 0.1) is 10.0 Å². The molecule has 1 aromatic carbocycles. The van der Waals surface area contributed by atoms with Gasteiger partial charge < -0.3 is 20.2 Å². The minimum absolute atomic E-state index is 0.129. The second kappa shape index (κ2) is 14.8. The first-order chi connectivity index (χ1) is 10.4. The van der Waals surface area contributed by atoms with Crippen LogP contribution in [0, 0.1) is 0 Å². The summed E-state index contributed by atoms with van der Waals surface area (Å²) in [6.45, 7) is 5.39. The zero-order valence-electron chi connectivity index (χ0n) is 13.2. The fraction of sp³-hybridized carbons (Fsp3) is 0.533. The molecule has 0 bridgehead atoms. The smallest absolute Gasteiger partial charge is 0.407 e. The van der Waals surface area contributed by atoms with Gasteiger partial charge in [-0.2, -0.15) is 0 Å². The molecule has 128 valence electrons. The maximum Gasteiger partial charge on any atom is 0.407 e. The number of rotatable bonds is 5. The third kappa shape index (κ3) is 11.5. The van der Waals surface area contributed by atoms with E-state index in [1.54, 1.807) is 6.07 Å². The van der Waals surface area contributed by atoms with Crippen LogP contribution in [0.25, 0.3) is 0 Å². The second-order valence-corrected chi connectivity index (χ2v) is 5.04. The molecule has 0 saturated heterocycles. The number of aliphatic hydroxyl groups excluding tert-OH is 1. The van der Waals surface area contributed by atoms with Crippen LogP contribution in [0.5, 0.6) is 5.75 Å². The number of carboxylic acid groups (broad SMARTS) is 1. The number of aliphatic hydroxyl groups is 1. The van der Waals surface area contributed by atoms with E-state index in [1.807, 2.05) is 6.92 Å². The number of benzene rings is 1. The molecule has 0 unspecified atom stereocenters. The minimum atomic E-state index is -0.791. The molecule has 0 spiro atoms. The summed E-state index contributed by atoms with van der Waals surface area (Å²) < 4.78 is 0. The van der Waals surface area contributed by atoms with Crippen LogP contribution >= 0.6 is 23.2 Å². The fourth-order valence-corrected chi connectivity index (χ4v) is 1.70. The van der Waals surface area contributed by atoms with Crippen molar-refractivity contribution in [3.63, 3.8) is 0 Å². The van der Waals surface area contributed by atoms with E-state index in [0.29, 0.717) is 23.1 Å². The van der Waals surface area contributed by atoms with E-state index in [2.05, 4.69) is 6.92 Å². The van der Waals surface area contributed by atoms with Gasteiger partial charge in [0.2, 0.25) is 0 Å². The van der Waals surface area contributed by atoms with Gasteiger partial charge in [0.15, 0.2) is 0 Å². The van der Waals surface area contributed by atoms with E-state index >= 15 is 0 Å². The number of nitrogens with zero attached hydrogens (tertiary/aromatic N) is 1. The lowest BCUT2D eigenvalue weighted by Gasteiger charge is -2.17. The summed E-state index contributed by atoms with van der Waals surface area (Å²) in [5.74, 6) is 0.129. The van der Waals surface area contributed by atoms with Crippen LogP contribution in [0.4, 0.5) is 4.79 Å². The van der Waals surface area contributed by atoms with Gasteiger partial charge >= 0.3 is 6.09 Å². The number of halogens is 2. The highest BCUT2D eigenvalue weighted by molar-refractivity contribution is 6.42. The standard InChI is InChI=1S/C8H17NO2.C6H4Cl2O.CH4O/c1-3-5-7-9(6-4-2)8(10)11;7-5-2-1-4(9)3-6(5)8;1-2/h3-7H2,1-2H3,(H,10,11);1-3,9H;2H,1H3. The average Bonchev–Trinajstić information content (AvgIpc) is 2.50. The van der Waals surface area contributed by atoms with Crippen LogP contribution in [0.3, 0.4) is 0 Å². The molecule has 0 heterocycles. The summed E-state index contributed by atoms with van der Waals surface area (Å²) in [5, 5.41) is 25.3. The van der Waals surface area contributed by atoms with E-state index in [9.17, 15) is 4.79 Å². The lowest BCUT2D eigenvalue weighted by atomic mass is 10.3. The van der Waals surface area contributed by atoms with E-state index < -0.39 is 6.09 Å². The summed E-state index contributed by atoms with van der Waals surface area (Å²) in [4.78, 5) is 12.0. The Morgan fingerprint density at radius 3 is 2.05 bits per heavy atom. The van der Waals surface area contributed by atoms with Gasteiger partial charge in [0, 0.05) is 20.2 Å². The normalized spacial score (nSPS) is 9.00. The van der Waals surface area contributed by atoms with Crippen LogP contribution < -0.4 is 0 Å². The Labute approximate surface area is 142 Å². The highest BCUT2D eigenvalue weighted by Gasteiger charge is 2.07. The first-order valence-electron chi connectivity index (χ1n) is 6.98. The number of hydrogen-bond donors (Lipinski definition) is 3. The van der Waals surface area contributed by atoms with Gasteiger partial charge in [0.25, 0.3) is 0 Å². The van der Waals surface area contributed by atoms with Crippen molar-refractivity contribution in [2.45, 2.75) is 33.1 Å². The molecular weight excluding hydrogens is 329 g/mol. The second-order valence-electron chi connectivity index (χ2n) is 4.22. The van der Waals surface area contributed by atoms with Crippen LogP contribution in [0.2, 0.25) is 10.0 Å². The Balaban J connectivity index is 0. The van der Waals surface area contributed by atoms with Gasteiger partial charge in [-0.05, 0) is 31.0 Å². The van der Waals surface area contributed by atoms with Gasteiger partial charge in [-0.3, -0.25) is 0 Å². The fourth-order valence-electron chi connectivity index (χ4n) is 1.41. The third-order valence-electron chi connectivity index (χ3n) is 2.45. The van der Waals surface area contributed by atoms with Crippen molar-refractivity contribution in [1.82, 2.24) is 4.90 Å². The van der Waals surface area contributed by atoms with Crippen molar-refractivity contribution in [3.8, 4) is 5.75 Å². The van der Waals surface area contributed by atoms with Crippen molar-refractivity contribution in [2.75, 3.05) is 20.2 Å². The molecule has 0 atom stereocenters. The molecule has 22 heavy (non-hydrogen) atoms. The molecular formula is C15H25Cl2NO4. The van der Waals surface area contributed by atoms with Crippen LogP contribution in [0.1, 0.15) is 33.1 Å². The third-order valence-corrected chi connectivity index (χ3v) is 3.19. The van der Waals surface area contributed by atoms with Crippen molar-refractivity contribution < 1.29 is 20.1 Å². The molecule has 0 aliphatic rings. The molecule has 3 N–H and O–H groups in total. The summed E-state index contributed by atoms with van der Waals surface area (Å²) in [5.41, 5.74) is 0. The van der Waals surface area contributed by atoms with E-state index in [-0.39, 0.29) is 5.75 Å². The molecule has 0 aliphatic carbocycles. The number of phenolic OH excluding ortho intramolecular Hbond substituents is 1. The lowest BCUT2D eigenvalue weighted by molar-refractivity contribution is 0.144. The lowest BCUT2D eigenvalue weighted by Crippen LogP contribution is -2.30. The molecule has 0 aliphatic heterocycles. The van der Waals surface area contributed by atoms with Crippen molar-refractivity contribution in [1.29, 1.82) is 0 Å². The monoisotopic (exact) mass is 353 g/mol. The Bertz CT molecular complexity index is 417. The van der Waals surface area contributed by atoms with E-state index in [1.165, 1.54) is 17.0 Å².